The smallest absolute Gasteiger partial charge is 0.247 e. The van der Waals surface area contributed by atoms with Crippen molar-refractivity contribution >= 4 is 22.5 Å². The third-order valence-electron chi connectivity index (χ3n) is 1.25. The van der Waals surface area contributed by atoms with Gasteiger partial charge in [-0.25, -0.2) is 18.6 Å². The molecule has 0 aromatic heterocycles. The van der Waals surface area contributed by atoms with E-state index >= 15 is 0 Å². The topological polar surface area (TPSA) is 83.8 Å². The van der Waals surface area contributed by atoms with Crippen molar-refractivity contribution in [2.75, 3.05) is 5.94 Å². The Morgan fingerprint density at radius 1 is 1.64 bits per heavy atom. The molecule has 0 aliphatic rings. The Balaban J connectivity index is 4.78. The van der Waals surface area contributed by atoms with Crippen LogP contribution in [-0.4, -0.2) is 29.0 Å². The van der Waals surface area contributed by atoms with Crippen molar-refractivity contribution in [1.29, 1.82) is 0 Å². The van der Waals surface area contributed by atoms with E-state index in [2.05, 4.69) is 17.5 Å². The average molecular weight is 202 g/mol. The zero-order valence-corrected chi connectivity index (χ0v) is 7.60. The first-order chi connectivity index (χ1) is 4.93. The monoisotopic (exact) mass is 202 g/mol. The first kappa shape index (κ1) is 11.2. The Bertz CT molecular complexity index is 205. The molecule has 1 atom stereocenters. The van der Waals surface area contributed by atoms with Crippen LogP contribution in [0.25, 0.3) is 0 Å². The minimum Gasteiger partial charge on any atom is -0.380 e. The summed E-state index contributed by atoms with van der Waals surface area (Å²) in [5.41, 5.74) is 0. The van der Waals surface area contributed by atoms with Gasteiger partial charge in [0.25, 0.3) is 0 Å². The summed E-state index contributed by atoms with van der Waals surface area (Å²) in [5, 5.41) is 16.5. The fourth-order valence-electron chi connectivity index (χ4n) is 0.442. The van der Waals surface area contributed by atoms with Gasteiger partial charge in [0.15, 0.2) is 0 Å². The summed E-state index contributed by atoms with van der Waals surface area (Å²) in [6.07, 6.45) is -0.0600. The molecule has 0 rings (SSSR count). The number of aliphatic hydroxyl groups excluding tert-OH is 1. The third-order valence-corrected chi connectivity index (χ3v) is 4.15. The highest BCUT2D eigenvalue weighted by Gasteiger charge is 2.40. The Morgan fingerprint density at radius 2 is 2.09 bits per heavy atom. The maximum atomic E-state index is 10.9. The summed E-state index contributed by atoms with van der Waals surface area (Å²) in [6, 6.07) is 0. The second kappa shape index (κ2) is 3.72. The van der Waals surface area contributed by atoms with E-state index in [1.165, 1.54) is 6.92 Å². The number of aliphatic hydroxyl groups is 1. The van der Waals surface area contributed by atoms with Crippen LogP contribution in [0.4, 0.5) is 0 Å². The lowest BCUT2D eigenvalue weighted by atomic mass is 10.5. The fourth-order valence-corrected chi connectivity index (χ4v) is 1.37. The number of thiol groups is 1. The molecule has 2 N–H and O–H groups in total. The van der Waals surface area contributed by atoms with Crippen LogP contribution in [0.15, 0.2) is 0 Å². The fraction of sp³-hybridized carbons (Fsp3) is 1.00. The predicted octanol–water partition coefficient (Wildman–Crippen LogP) is -0.166. The van der Waals surface area contributed by atoms with Crippen LogP contribution >= 0.6 is 12.6 Å². The Kier molecular flexibility index (Phi) is 3.78. The van der Waals surface area contributed by atoms with E-state index in [0.717, 1.165) is 0 Å². The van der Waals surface area contributed by atoms with Crippen LogP contribution in [0, 0.1) is 0 Å². The van der Waals surface area contributed by atoms with E-state index in [0.29, 0.717) is 0 Å². The van der Waals surface area contributed by atoms with E-state index in [1.54, 1.807) is 0 Å². The molecule has 0 radical (unpaired) electrons. The van der Waals surface area contributed by atoms with E-state index in [-0.39, 0.29) is 6.42 Å². The SMILES string of the molecule is CCC(S)(OO)S(=O)(=O)CO. The lowest BCUT2D eigenvalue weighted by Gasteiger charge is -2.21. The van der Waals surface area contributed by atoms with Gasteiger partial charge in [-0.3, -0.25) is 0 Å². The van der Waals surface area contributed by atoms with Gasteiger partial charge in [0, 0.05) is 6.42 Å². The van der Waals surface area contributed by atoms with Gasteiger partial charge >= 0.3 is 0 Å². The van der Waals surface area contributed by atoms with Crippen molar-refractivity contribution in [2.24, 2.45) is 0 Å². The molecular weight excluding hydrogens is 192 g/mol. The molecule has 11 heavy (non-hydrogen) atoms. The quantitative estimate of drug-likeness (QED) is 0.255. The molecule has 0 aromatic carbocycles. The first-order valence-corrected chi connectivity index (χ1v) is 4.91. The summed E-state index contributed by atoms with van der Waals surface area (Å²) in [6.45, 7) is 1.45. The first-order valence-electron chi connectivity index (χ1n) is 2.81. The zero-order chi connectivity index (χ0) is 9.12. The second-order valence-corrected chi connectivity index (χ2v) is 5.07. The van der Waals surface area contributed by atoms with Gasteiger partial charge in [-0.1, -0.05) is 6.92 Å². The molecule has 0 aromatic rings. The molecule has 0 saturated carbocycles. The van der Waals surface area contributed by atoms with Crippen LogP contribution in [0.2, 0.25) is 0 Å². The summed E-state index contributed by atoms with van der Waals surface area (Å²) in [7, 11) is -3.91. The van der Waals surface area contributed by atoms with Crippen LogP contribution < -0.4 is 0 Å². The molecule has 0 fully saturated rings. The van der Waals surface area contributed by atoms with E-state index in [1.807, 2.05) is 0 Å². The van der Waals surface area contributed by atoms with Gasteiger partial charge in [-0.2, -0.15) is 0 Å². The minimum atomic E-state index is -3.91. The largest absolute Gasteiger partial charge is 0.380 e. The second-order valence-electron chi connectivity index (χ2n) is 1.90. The normalized spacial score (nSPS) is 17.8. The molecule has 0 spiro atoms. The van der Waals surface area contributed by atoms with Crippen LogP contribution in [0.1, 0.15) is 13.3 Å². The Labute approximate surface area is 70.2 Å². The van der Waals surface area contributed by atoms with Gasteiger partial charge < -0.3 is 5.11 Å². The van der Waals surface area contributed by atoms with Gasteiger partial charge in [-0.15, -0.1) is 12.6 Å². The molecule has 7 heteroatoms. The lowest BCUT2D eigenvalue weighted by molar-refractivity contribution is -0.267. The molecule has 0 aliphatic carbocycles. The Morgan fingerprint density at radius 3 is 2.18 bits per heavy atom. The van der Waals surface area contributed by atoms with Crippen molar-refractivity contribution in [2.45, 2.75) is 17.6 Å². The number of rotatable bonds is 4. The lowest BCUT2D eigenvalue weighted by Crippen LogP contribution is -2.36. The van der Waals surface area contributed by atoms with Crippen LogP contribution in [0.5, 0.6) is 0 Å². The van der Waals surface area contributed by atoms with Gasteiger partial charge in [0.1, 0.15) is 5.94 Å². The van der Waals surface area contributed by atoms with E-state index in [9.17, 15) is 8.42 Å². The van der Waals surface area contributed by atoms with Crippen molar-refractivity contribution < 1.29 is 23.7 Å². The van der Waals surface area contributed by atoms with Crippen molar-refractivity contribution in [3.63, 3.8) is 0 Å². The minimum absolute atomic E-state index is 0.0600. The Hall–Kier alpha value is 0.180. The summed E-state index contributed by atoms with van der Waals surface area (Å²) < 4.78 is 19.7. The maximum Gasteiger partial charge on any atom is 0.247 e. The molecule has 0 amide bonds. The molecule has 5 nitrogen and oxygen atoms in total. The summed E-state index contributed by atoms with van der Waals surface area (Å²) in [4.78, 5) is 3.66. The van der Waals surface area contributed by atoms with Crippen LogP contribution in [-0.2, 0) is 14.7 Å². The number of hydrogen-bond donors (Lipinski definition) is 3. The average Bonchev–Trinajstić information content (AvgIpc) is 2.02. The highest BCUT2D eigenvalue weighted by atomic mass is 32.2. The van der Waals surface area contributed by atoms with Crippen molar-refractivity contribution in [1.82, 2.24) is 0 Å². The number of sulfone groups is 1. The summed E-state index contributed by atoms with van der Waals surface area (Å²) in [5.74, 6) is -1.11. The molecule has 1 unspecified atom stereocenters. The van der Waals surface area contributed by atoms with Gasteiger partial charge in [0.2, 0.25) is 14.1 Å². The highest BCUT2D eigenvalue weighted by Crippen LogP contribution is 2.26. The molecule has 0 aliphatic heterocycles. The van der Waals surface area contributed by atoms with E-state index < -0.39 is 20.0 Å². The maximum absolute atomic E-state index is 10.9. The molecule has 0 heterocycles. The summed E-state index contributed by atoms with van der Waals surface area (Å²) >= 11 is 3.56. The van der Waals surface area contributed by atoms with E-state index in [4.69, 9.17) is 10.4 Å². The van der Waals surface area contributed by atoms with Crippen LogP contribution in [0.3, 0.4) is 0 Å². The molecule has 0 saturated heterocycles. The zero-order valence-electron chi connectivity index (χ0n) is 5.89. The molecule has 68 valence electrons. The number of hydrogen-bond acceptors (Lipinski definition) is 6. The van der Waals surface area contributed by atoms with Gasteiger partial charge in [-0.05, 0) is 0 Å². The highest BCUT2D eigenvalue weighted by molar-refractivity contribution is 8.05. The van der Waals surface area contributed by atoms with Crippen molar-refractivity contribution in [3.05, 3.63) is 0 Å². The molecular formula is C4H10O5S2. The van der Waals surface area contributed by atoms with Gasteiger partial charge in [0.05, 0.1) is 0 Å². The predicted molar refractivity (Wildman–Crippen MR) is 41.7 cm³/mol. The third kappa shape index (κ3) is 2.06. The molecule has 0 bridgehead atoms. The standard InChI is InChI=1S/C4H10O5S2/c1-2-4(10,9-6)11(7,8)3-5/h5-6,10H,2-3H2,1H3. The van der Waals surface area contributed by atoms with Crippen molar-refractivity contribution in [3.8, 4) is 0 Å².